The van der Waals surface area contributed by atoms with Gasteiger partial charge in [0.15, 0.2) is 0 Å². The van der Waals surface area contributed by atoms with Crippen LogP contribution in [0.25, 0.3) is 0 Å². The molecule has 0 aliphatic carbocycles. The predicted octanol–water partition coefficient (Wildman–Crippen LogP) is 4.14. The van der Waals surface area contributed by atoms with E-state index in [4.69, 9.17) is 0 Å². The fraction of sp³-hybridized carbons (Fsp3) is 0.263. The van der Waals surface area contributed by atoms with E-state index in [9.17, 15) is 22.8 Å². The molecule has 0 saturated carbocycles. The predicted molar refractivity (Wildman–Crippen MR) is 97.9 cm³/mol. The van der Waals surface area contributed by atoms with Crippen molar-refractivity contribution in [3.8, 4) is 0 Å². The summed E-state index contributed by atoms with van der Waals surface area (Å²) in [5, 5.41) is 2.57. The van der Waals surface area contributed by atoms with Crippen LogP contribution in [0.15, 0.2) is 53.0 Å². The largest absolute Gasteiger partial charge is 0.416 e. The maximum absolute atomic E-state index is 12.8. The molecule has 1 N–H and O–H groups in total. The van der Waals surface area contributed by atoms with Crippen LogP contribution in [-0.4, -0.2) is 18.4 Å². The van der Waals surface area contributed by atoms with Crippen molar-refractivity contribution in [3.63, 3.8) is 0 Å². The molecule has 3 rings (SSSR count). The molecule has 1 aliphatic rings. The lowest BCUT2D eigenvalue weighted by Gasteiger charge is -2.17. The number of carbonyl (C=O) groups excluding carboxylic acids is 2. The second-order valence-electron chi connectivity index (χ2n) is 6.22. The lowest BCUT2D eigenvalue weighted by molar-refractivity contribution is -0.137. The van der Waals surface area contributed by atoms with Gasteiger partial charge in [-0.2, -0.15) is 13.2 Å². The Hall–Kier alpha value is -2.35. The molecular weight excluding hydrogens is 425 g/mol. The zero-order valence-electron chi connectivity index (χ0n) is 14.1. The molecule has 0 spiro atoms. The topological polar surface area (TPSA) is 49.4 Å². The van der Waals surface area contributed by atoms with Gasteiger partial charge in [0.1, 0.15) is 5.92 Å². The molecule has 0 radical (unpaired) electrons. The SMILES string of the molecule is O=C(NCc1cccc(C(F)(F)F)c1)C1CCN(c2ccc(Br)cc2)C1=O. The molecule has 1 saturated heterocycles. The van der Waals surface area contributed by atoms with E-state index in [2.05, 4.69) is 21.2 Å². The van der Waals surface area contributed by atoms with Gasteiger partial charge in [0.25, 0.3) is 0 Å². The van der Waals surface area contributed by atoms with Crippen LogP contribution in [-0.2, 0) is 22.3 Å². The highest BCUT2D eigenvalue weighted by atomic mass is 79.9. The van der Waals surface area contributed by atoms with Crippen LogP contribution in [0.3, 0.4) is 0 Å². The van der Waals surface area contributed by atoms with Gasteiger partial charge in [0.05, 0.1) is 5.56 Å². The Balaban J connectivity index is 1.62. The third kappa shape index (κ3) is 4.50. The fourth-order valence-electron chi connectivity index (χ4n) is 2.97. The van der Waals surface area contributed by atoms with Crippen LogP contribution in [0.2, 0.25) is 0 Å². The van der Waals surface area contributed by atoms with Gasteiger partial charge in [-0.15, -0.1) is 0 Å². The number of rotatable bonds is 4. The first-order valence-electron chi connectivity index (χ1n) is 8.26. The van der Waals surface area contributed by atoms with Crippen molar-refractivity contribution in [3.05, 3.63) is 64.1 Å². The van der Waals surface area contributed by atoms with E-state index in [0.29, 0.717) is 24.2 Å². The first-order valence-corrected chi connectivity index (χ1v) is 9.06. The lowest BCUT2D eigenvalue weighted by atomic mass is 10.1. The van der Waals surface area contributed by atoms with Crippen molar-refractivity contribution in [1.29, 1.82) is 0 Å². The normalized spacial score (nSPS) is 17.3. The molecule has 142 valence electrons. The van der Waals surface area contributed by atoms with Crippen LogP contribution in [0.4, 0.5) is 18.9 Å². The summed E-state index contributed by atoms with van der Waals surface area (Å²) in [6, 6.07) is 11.9. The zero-order chi connectivity index (χ0) is 19.6. The van der Waals surface area contributed by atoms with Crippen molar-refractivity contribution in [2.75, 3.05) is 11.4 Å². The van der Waals surface area contributed by atoms with Gasteiger partial charge in [-0.05, 0) is 48.4 Å². The highest BCUT2D eigenvalue weighted by Crippen LogP contribution is 2.30. The molecule has 1 heterocycles. The third-order valence-electron chi connectivity index (χ3n) is 4.38. The maximum Gasteiger partial charge on any atom is 0.416 e. The number of hydrogen-bond donors (Lipinski definition) is 1. The highest BCUT2D eigenvalue weighted by molar-refractivity contribution is 9.10. The summed E-state index contributed by atoms with van der Waals surface area (Å²) < 4.78 is 39.1. The van der Waals surface area contributed by atoms with Crippen LogP contribution in [0, 0.1) is 5.92 Å². The van der Waals surface area contributed by atoms with Gasteiger partial charge in [-0.25, -0.2) is 0 Å². The maximum atomic E-state index is 12.8. The third-order valence-corrected chi connectivity index (χ3v) is 4.91. The van der Waals surface area contributed by atoms with Crippen LogP contribution in [0.5, 0.6) is 0 Å². The Morgan fingerprint density at radius 3 is 2.56 bits per heavy atom. The molecule has 4 nitrogen and oxygen atoms in total. The number of benzene rings is 2. The van der Waals surface area contributed by atoms with Crippen LogP contribution >= 0.6 is 15.9 Å². The number of alkyl halides is 3. The molecule has 2 aromatic carbocycles. The molecule has 1 unspecified atom stereocenters. The van der Waals surface area contributed by atoms with E-state index < -0.39 is 23.6 Å². The summed E-state index contributed by atoms with van der Waals surface area (Å²) in [4.78, 5) is 26.4. The minimum Gasteiger partial charge on any atom is -0.351 e. The van der Waals surface area contributed by atoms with Crippen molar-refractivity contribution in [2.24, 2.45) is 5.92 Å². The molecule has 1 atom stereocenters. The van der Waals surface area contributed by atoms with E-state index in [1.807, 2.05) is 12.1 Å². The minimum atomic E-state index is -4.44. The molecule has 0 bridgehead atoms. The van der Waals surface area contributed by atoms with Gasteiger partial charge >= 0.3 is 6.18 Å². The second-order valence-corrected chi connectivity index (χ2v) is 7.14. The number of halogens is 4. The van der Waals surface area contributed by atoms with Crippen molar-refractivity contribution in [1.82, 2.24) is 5.32 Å². The summed E-state index contributed by atoms with van der Waals surface area (Å²) >= 11 is 3.33. The summed E-state index contributed by atoms with van der Waals surface area (Å²) in [6.07, 6.45) is -4.07. The minimum absolute atomic E-state index is 0.0647. The Bertz CT molecular complexity index is 853. The first kappa shape index (κ1) is 19.4. The van der Waals surface area contributed by atoms with E-state index >= 15 is 0 Å². The van der Waals surface area contributed by atoms with Gasteiger partial charge in [-0.3, -0.25) is 9.59 Å². The van der Waals surface area contributed by atoms with E-state index in [1.54, 1.807) is 17.0 Å². The summed E-state index contributed by atoms with van der Waals surface area (Å²) in [5.41, 5.74) is 0.261. The number of nitrogens with one attached hydrogen (secondary N) is 1. The average molecular weight is 441 g/mol. The summed E-state index contributed by atoms with van der Waals surface area (Å²) in [7, 11) is 0. The van der Waals surface area contributed by atoms with E-state index in [1.165, 1.54) is 12.1 Å². The van der Waals surface area contributed by atoms with Gasteiger partial charge < -0.3 is 10.2 Å². The Kier molecular flexibility index (Phi) is 5.55. The number of anilines is 1. The van der Waals surface area contributed by atoms with E-state index in [0.717, 1.165) is 16.6 Å². The molecule has 2 aromatic rings. The standard InChI is InChI=1S/C19H16BrF3N2O2/c20-14-4-6-15(7-5-14)25-9-8-16(18(25)27)17(26)24-11-12-2-1-3-13(10-12)19(21,22)23/h1-7,10,16H,8-9,11H2,(H,24,26). The number of hydrogen-bond acceptors (Lipinski definition) is 2. The lowest BCUT2D eigenvalue weighted by Crippen LogP contribution is -2.36. The smallest absolute Gasteiger partial charge is 0.351 e. The molecule has 1 fully saturated rings. The summed E-state index contributed by atoms with van der Waals surface area (Å²) in [6.45, 7) is 0.354. The molecule has 2 amide bonds. The van der Waals surface area contributed by atoms with Gasteiger partial charge in [0, 0.05) is 23.2 Å². The molecular formula is C19H16BrF3N2O2. The Morgan fingerprint density at radius 2 is 1.89 bits per heavy atom. The van der Waals surface area contributed by atoms with Crippen molar-refractivity contribution in [2.45, 2.75) is 19.1 Å². The Labute approximate surface area is 162 Å². The van der Waals surface area contributed by atoms with Crippen LogP contribution < -0.4 is 10.2 Å². The molecule has 8 heteroatoms. The molecule has 27 heavy (non-hydrogen) atoms. The second kappa shape index (κ2) is 7.72. The Morgan fingerprint density at radius 1 is 1.19 bits per heavy atom. The zero-order valence-corrected chi connectivity index (χ0v) is 15.7. The average Bonchev–Trinajstić information content (AvgIpc) is 3.01. The summed E-state index contributed by atoms with van der Waals surface area (Å²) in [5.74, 6) is -1.62. The van der Waals surface area contributed by atoms with Crippen LogP contribution in [0.1, 0.15) is 17.5 Å². The number of carbonyl (C=O) groups is 2. The first-order chi connectivity index (χ1) is 12.8. The molecule has 0 aromatic heterocycles. The number of amides is 2. The van der Waals surface area contributed by atoms with Gasteiger partial charge in [0.2, 0.25) is 11.8 Å². The highest BCUT2D eigenvalue weighted by Gasteiger charge is 2.37. The van der Waals surface area contributed by atoms with Crippen molar-refractivity contribution < 1.29 is 22.8 Å². The quantitative estimate of drug-likeness (QED) is 0.726. The fourth-order valence-corrected chi connectivity index (χ4v) is 3.23. The van der Waals surface area contributed by atoms with Crippen molar-refractivity contribution >= 4 is 33.4 Å². The molecule has 1 aliphatic heterocycles. The van der Waals surface area contributed by atoms with Gasteiger partial charge in [-0.1, -0.05) is 28.1 Å². The monoisotopic (exact) mass is 440 g/mol. The number of nitrogens with zero attached hydrogens (tertiary/aromatic N) is 1. The van der Waals surface area contributed by atoms with E-state index in [-0.39, 0.29) is 12.5 Å².